The number of aromatic nitrogens is 3. The van der Waals surface area contributed by atoms with Crippen molar-refractivity contribution in [1.82, 2.24) is 20.3 Å². The molecule has 0 spiro atoms. The van der Waals surface area contributed by atoms with Gasteiger partial charge in [-0.15, -0.1) is 5.10 Å². The summed E-state index contributed by atoms with van der Waals surface area (Å²) in [6.07, 6.45) is 4.79. The van der Waals surface area contributed by atoms with Gasteiger partial charge in [0.2, 0.25) is 0 Å². The monoisotopic (exact) mass is 340 g/mol. The molecule has 0 unspecified atom stereocenters. The van der Waals surface area contributed by atoms with Crippen LogP contribution in [0, 0.1) is 0 Å². The maximum atomic E-state index is 13.1. The van der Waals surface area contributed by atoms with Crippen molar-refractivity contribution in [2.45, 2.75) is 25.3 Å². The zero-order valence-electron chi connectivity index (χ0n) is 14.6. The first kappa shape index (κ1) is 16.1. The van der Waals surface area contributed by atoms with Crippen LogP contribution < -0.4 is 15.1 Å². The third-order valence-corrected chi connectivity index (χ3v) is 5.12. The van der Waals surface area contributed by atoms with Gasteiger partial charge < -0.3 is 15.1 Å². The smallest absolute Gasteiger partial charge is 0.280 e. The van der Waals surface area contributed by atoms with E-state index in [2.05, 4.69) is 33.6 Å². The van der Waals surface area contributed by atoms with Gasteiger partial charge in [-0.1, -0.05) is 17.3 Å². The molecule has 7 heteroatoms. The Labute approximate surface area is 147 Å². The van der Waals surface area contributed by atoms with Gasteiger partial charge in [-0.05, 0) is 44.5 Å². The fourth-order valence-electron chi connectivity index (χ4n) is 3.70. The number of fused-ring (bicyclic) bond motifs is 1. The van der Waals surface area contributed by atoms with Crippen LogP contribution in [0.1, 0.15) is 35.8 Å². The van der Waals surface area contributed by atoms with Gasteiger partial charge in [-0.3, -0.25) is 4.79 Å². The molecule has 0 saturated carbocycles. The lowest BCUT2D eigenvalue weighted by molar-refractivity contribution is 0.0982. The summed E-state index contributed by atoms with van der Waals surface area (Å²) in [6, 6.07) is 8.39. The van der Waals surface area contributed by atoms with Gasteiger partial charge in [-0.25, -0.2) is 4.68 Å². The number of rotatable bonds is 2. The fraction of sp³-hybridized carbons (Fsp3) is 0.500. The number of hydrogen-bond donors (Lipinski definition) is 1. The van der Waals surface area contributed by atoms with Crippen molar-refractivity contribution in [3.8, 4) is 0 Å². The Morgan fingerprint density at radius 3 is 2.72 bits per heavy atom. The minimum atomic E-state index is -0.0667. The van der Waals surface area contributed by atoms with E-state index in [1.54, 1.807) is 0 Å². The molecule has 1 amide bonds. The molecule has 2 aliphatic rings. The predicted molar refractivity (Wildman–Crippen MR) is 97.2 cm³/mol. The van der Waals surface area contributed by atoms with Gasteiger partial charge in [0.15, 0.2) is 5.69 Å². The van der Waals surface area contributed by atoms with Crippen LogP contribution in [0.25, 0.3) is 0 Å². The molecule has 2 aliphatic heterocycles. The molecule has 1 saturated heterocycles. The van der Waals surface area contributed by atoms with E-state index in [1.807, 2.05) is 34.0 Å². The molecule has 132 valence electrons. The maximum absolute atomic E-state index is 13.1. The number of hydrogen-bond acceptors (Lipinski definition) is 5. The van der Waals surface area contributed by atoms with Crippen molar-refractivity contribution < 1.29 is 4.79 Å². The van der Waals surface area contributed by atoms with Crippen LogP contribution in [0.15, 0.2) is 30.5 Å². The van der Waals surface area contributed by atoms with E-state index in [-0.39, 0.29) is 5.91 Å². The Morgan fingerprint density at radius 2 is 1.92 bits per heavy atom. The number of amides is 1. The average molecular weight is 340 g/mol. The summed E-state index contributed by atoms with van der Waals surface area (Å²) in [4.78, 5) is 17.1. The molecule has 3 heterocycles. The second-order valence-electron chi connectivity index (χ2n) is 6.79. The van der Waals surface area contributed by atoms with Crippen LogP contribution in [0.2, 0.25) is 0 Å². The first-order valence-corrected chi connectivity index (χ1v) is 8.98. The molecule has 2 aromatic rings. The summed E-state index contributed by atoms with van der Waals surface area (Å²) in [7, 11) is 2.07. The third-order valence-electron chi connectivity index (χ3n) is 5.12. The van der Waals surface area contributed by atoms with Crippen LogP contribution in [0.3, 0.4) is 0 Å². The Hall–Kier alpha value is -2.41. The zero-order valence-corrected chi connectivity index (χ0v) is 14.6. The zero-order chi connectivity index (χ0) is 17.2. The van der Waals surface area contributed by atoms with Crippen molar-refractivity contribution in [2.75, 3.05) is 43.0 Å². The number of carbonyl (C=O) groups excluding carboxylic acids is 1. The topological polar surface area (TPSA) is 66.3 Å². The standard InChI is InChI=1S/C18H24N6O/c1-22-11-4-12-23(17-6-3-2-5-16(17)22)18(25)15-13-24(21-20-15)14-7-9-19-10-8-14/h2-3,5-6,13-14,19H,4,7-12H2,1H3. The number of nitrogens with zero attached hydrogens (tertiary/aromatic N) is 5. The normalized spacial score (nSPS) is 18.8. The summed E-state index contributed by atoms with van der Waals surface area (Å²) >= 11 is 0. The van der Waals surface area contributed by atoms with E-state index >= 15 is 0 Å². The molecule has 0 radical (unpaired) electrons. The van der Waals surface area contributed by atoms with Crippen LogP contribution >= 0.6 is 0 Å². The predicted octanol–water partition coefficient (Wildman–Crippen LogP) is 1.69. The highest BCUT2D eigenvalue weighted by atomic mass is 16.2. The van der Waals surface area contributed by atoms with Gasteiger partial charge >= 0.3 is 0 Å². The Kier molecular flexibility index (Phi) is 4.40. The highest BCUT2D eigenvalue weighted by Crippen LogP contribution is 2.32. The number of para-hydroxylation sites is 2. The molecule has 1 aromatic heterocycles. The van der Waals surface area contributed by atoms with Crippen molar-refractivity contribution in [2.24, 2.45) is 0 Å². The molecule has 4 rings (SSSR count). The molecule has 7 nitrogen and oxygen atoms in total. The summed E-state index contributed by atoms with van der Waals surface area (Å²) in [5, 5.41) is 11.8. The third kappa shape index (κ3) is 3.11. The molecule has 0 atom stereocenters. The van der Waals surface area contributed by atoms with Crippen molar-refractivity contribution in [1.29, 1.82) is 0 Å². The fourth-order valence-corrected chi connectivity index (χ4v) is 3.70. The molecular weight excluding hydrogens is 316 g/mol. The van der Waals surface area contributed by atoms with Crippen LogP contribution in [-0.2, 0) is 0 Å². The molecule has 1 aromatic carbocycles. The first-order valence-electron chi connectivity index (χ1n) is 8.98. The minimum absolute atomic E-state index is 0.0667. The molecule has 0 bridgehead atoms. The molecule has 25 heavy (non-hydrogen) atoms. The van der Waals surface area contributed by atoms with Crippen LogP contribution in [0.4, 0.5) is 11.4 Å². The van der Waals surface area contributed by atoms with Crippen LogP contribution in [-0.4, -0.2) is 54.1 Å². The lowest BCUT2D eigenvalue weighted by Crippen LogP contribution is -2.32. The minimum Gasteiger partial charge on any atom is -0.373 e. The second-order valence-corrected chi connectivity index (χ2v) is 6.79. The summed E-state index contributed by atoms with van der Waals surface area (Å²) in [5.41, 5.74) is 2.46. The number of benzene rings is 1. The van der Waals surface area contributed by atoms with E-state index in [0.29, 0.717) is 18.3 Å². The number of piperidine rings is 1. The highest BCUT2D eigenvalue weighted by Gasteiger charge is 2.27. The Balaban J connectivity index is 1.60. The maximum Gasteiger partial charge on any atom is 0.280 e. The second kappa shape index (κ2) is 6.84. The van der Waals surface area contributed by atoms with E-state index < -0.39 is 0 Å². The van der Waals surface area contributed by atoms with Crippen molar-refractivity contribution in [3.05, 3.63) is 36.2 Å². The molecule has 0 aliphatic carbocycles. The first-order chi connectivity index (χ1) is 12.2. The van der Waals surface area contributed by atoms with Crippen molar-refractivity contribution >= 4 is 17.3 Å². The van der Waals surface area contributed by atoms with Gasteiger partial charge in [0, 0.05) is 20.1 Å². The number of carbonyl (C=O) groups is 1. The van der Waals surface area contributed by atoms with Gasteiger partial charge in [-0.2, -0.15) is 0 Å². The lowest BCUT2D eigenvalue weighted by atomic mass is 10.1. The summed E-state index contributed by atoms with van der Waals surface area (Å²) < 4.78 is 1.87. The Bertz CT molecular complexity index is 752. The SMILES string of the molecule is CN1CCCN(C(=O)c2cn(C3CCNCC3)nn2)c2ccccc21. The van der Waals surface area contributed by atoms with E-state index in [4.69, 9.17) is 0 Å². The van der Waals surface area contributed by atoms with E-state index in [1.165, 1.54) is 0 Å². The van der Waals surface area contributed by atoms with E-state index in [9.17, 15) is 4.79 Å². The van der Waals surface area contributed by atoms with Gasteiger partial charge in [0.05, 0.1) is 23.6 Å². The summed E-state index contributed by atoms with van der Waals surface area (Å²) in [6.45, 7) is 3.60. The van der Waals surface area contributed by atoms with Gasteiger partial charge in [0.1, 0.15) is 0 Å². The Morgan fingerprint density at radius 1 is 1.16 bits per heavy atom. The van der Waals surface area contributed by atoms with Crippen LogP contribution in [0.5, 0.6) is 0 Å². The highest BCUT2D eigenvalue weighted by molar-refractivity contribution is 6.06. The van der Waals surface area contributed by atoms with Gasteiger partial charge in [0.25, 0.3) is 5.91 Å². The molecule has 1 fully saturated rings. The number of nitrogens with one attached hydrogen (secondary N) is 1. The van der Waals surface area contributed by atoms with E-state index in [0.717, 1.165) is 50.3 Å². The summed E-state index contributed by atoms with van der Waals surface area (Å²) in [5.74, 6) is -0.0667. The van der Waals surface area contributed by atoms with Crippen molar-refractivity contribution in [3.63, 3.8) is 0 Å². The largest absolute Gasteiger partial charge is 0.373 e. The average Bonchev–Trinajstić information content (AvgIpc) is 3.09. The number of anilines is 2. The lowest BCUT2D eigenvalue weighted by Gasteiger charge is -2.23. The molecular formula is C18H24N6O. The quantitative estimate of drug-likeness (QED) is 0.901. The molecule has 1 N–H and O–H groups in total.